The molecule has 6 heteroatoms. The molecule has 0 saturated carbocycles. The van der Waals surface area contributed by atoms with Crippen molar-refractivity contribution in [2.45, 2.75) is 13.2 Å². The van der Waals surface area contributed by atoms with Crippen LogP contribution in [0.5, 0.6) is 5.75 Å². The summed E-state index contributed by atoms with van der Waals surface area (Å²) in [5.41, 5.74) is 9.00. The summed E-state index contributed by atoms with van der Waals surface area (Å²) < 4.78 is 20.0. The Balaban J connectivity index is 1.65. The highest BCUT2D eigenvalue weighted by Crippen LogP contribution is 2.26. The molecule has 0 aliphatic rings. The van der Waals surface area contributed by atoms with Crippen LogP contribution >= 0.6 is 27.5 Å². The number of halogens is 3. The van der Waals surface area contributed by atoms with Crippen LogP contribution in [0.25, 0.3) is 0 Å². The minimum absolute atomic E-state index is 0.264. The first kappa shape index (κ1) is 18.7. The summed E-state index contributed by atoms with van der Waals surface area (Å²) >= 11 is 9.54. The smallest absolute Gasteiger partial charge is 0.124 e. The molecule has 3 nitrogen and oxygen atoms in total. The topological polar surface area (TPSA) is 33.3 Å². The molecular weight excluding hydrogens is 419 g/mol. The number of rotatable bonds is 7. The second kappa shape index (κ2) is 9.03. The van der Waals surface area contributed by atoms with Gasteiger partial charge in [-0.1, -0.05) is 51.8 Å². The Bertz CT molecular complexity index is 877. The van der Waals surface area contributed by atoms with E-state index in [1.54, 1.807) is 6.07 Å². The summed E-state index contributed by atoms with van der Waals surface area (Å²) in [7, 11) is 0. The quantitative estimate of drug-likeness (QED) is 0.451. The molecule has 134 valence electrons. The maximum atomic E-state index is 13.2. The number of hydrogen-bond acceptors (Lipinski definition) is 3. The van der Waals surface area contributed by atoms with Crippen LogP contribution in [0.15, 0.2) is 71.2 Å². The lowest BCUT2D eigenvalue weighted by atomic mass is 10.2. The van der Waals surface area contributed by atoms with Gasteiger partial charge in [-0.3, -0.25) is 0 Å². The molecule has 0 amide bonds. The Labute approximate surface area is 165 Å². The van der Waals surface area contributed by atoms with E-state index >= 15 is 0 Å². The molecular formula is C20H17BrClFN2O. The number of anilines is 1. The van der Waals surface area contributed by atoms with Crippen molar-refractivity contribution in [2.24, 2.45) is 0 Å². The molecule has 0 bridgehead atoms. The number of hydrogen-bond donors (Lipinski definition) is 2. The third-order valence-corrected chi connectivity index (χ3v) is 4.55. The fraction of sp³-hybridized carbons (Fsp3) is 0.100. The van der Waals surface area contributed by atoms with Crippen molar-refractivity contribution in [3.05, 3.63) is 93.2 Å². The minimum atomic E-state index is -0.362. The van der Waals surface area contributed by atoms with Gasteiger partial charge < -0.3 is 10.2 Å². The van der Waals surface area contributed by atoms with Gasteiger partial charge in [0.1, 0.15) is 18.2 Å². The van der Waals surface area contributed by atoms with Gasteiger partial charge in [-0.25, -0.2) is 9.82 Å². The molecule has 0 unspecified atom stereocenters. The average Bonchev–Trinajstić information content (AvgIpc) is 2.63. The van der Waals surface area contributed by atoms with Crippen molar-refractivity contribution in [3.8, 4) is 5.75 Å². The Morgan fingerprint density at radius 3 is 2.54 bits per heavy atom. The van der Waals surface area contributed by atoms with Gasteiger partial charge in [-0.2, -0.15) is 0 Å². The van der Waals surface area contributed by atoms with Crippen LogP contribution in [-0.4, -0.2) is 0 Å². The summed E-state index contributed by atoms with van der Waals surface area (Å²) in [5.74, 6) is 0.371. The first-order chi connectivity index (χ1) is 12.6. The Kier molecular flexibility index (Phi) is 6.50. The molecule has 0 spiro atoms. The van der Waals surface area contributed by atoms with E-state index < -0.39 is 0 Å². The molecule has 0 fully saturated rings. The van der Waals surface area contributed by atoms with Gasteiger partial charge in [-0.05, 0) is 42.5 Å². The monoisotopic (exact) mass is 434 g/mol. The second-order valence-electron chi connectivity index (χ2n) is 5.62. The lowest BCUT2D eigenvalue weighted by Crippen LogP contribution is -2.21. The van der Waals surface area contributed by atoms with Crippen molar-refractivity contribution in [3.63, 3.8) is 0 Å². The Morgan fingerprint density at radius 1 is 0.962 bits per heavy atom. The lowest BCUT2D eigenvalue weighted by molar-refractivity contribution is 0.302. The fourth-order valence-electron chi connectivity index (χ4n) is 2.38. The zero-order chi connectivity index (χ0) is 18.4. The van der Waals surface area contributed by atoms with Crippen molar-refractivity contribution < 1.29 is 9.13 Å². The molecule has 26 heavy (non-hydrogen) atoms. The molecule has 0 atom stereocenters. The molecule has 0 saturated heterocycles. The van der Waals surface area contributed by atoms with Crippen LogP contribution < -0.4 is 15.6 Å². The zero-order valence-electron chi connectivity index (χ0n) is 13.8. The Morgan fingerprint density at radius 2 is 1.77 bits per heavy atom. The van der Waals surface area contributed by atoms with Crippen LogP contribution in [0.2, 0.25) is 5.02 Å². The van der Waals surface area contributed by atoms with Gasteiger partial charge >= 0.3 is 0 Å². The average molecular weight is 436 g/mol. The standard InChI is InChI=1S/C20H17BrClFN2O/c21-16-7-9-20(26-13-14-6-8-17(23)11-19(14)22)15(10-16)12-24-25-18-4-2-1-3-5-18/h1-11,24-25H,12-13H2. The van der Waals surface area contributed by atoms with Crippen LogP contribution in [-0.2, 0) is 13.2 Å². The first-order valence-corrected chi connectivity index (χ1v) is 9.18. The van der Waals surface area contributed by atoms with E-state index in [4.69, 9.17) is 16.3 Å². The third kappa shape index (κ3) is 5.21. The molecule has 0 radical (unpaired) electrons. The summed E-state index contributed by atoms with van der Waals surface area (Å²) in [6, 6.07) is 19.9. The van der Waals surface area contributed by atoms with Crippen molar-refractivity contribution in [1.29, 1.82) is 0 Å². The van der Waals surface area contributed by atoms with Crippen LogP contribution in [0, 0.1) is 5.82 Å². The lowest BCUT2D eigenvalue weighted by Gasteiger charge is -2.14. The molecule has 3 rings (SSSR count). The number of nitrogens with one attached hydrogen (secondary N) is 2. The van der Waals surface area contributed by atoms with E-state index in [9.17, 15) is 4.39 Å². The predicted molar refractivity (Wildman–Crippen MR) is 107 cm³/mol. The van der Waals surface area contributed by atoms with Crippen LogP contribution in [0.3, 0.4) is 0 Å². The maximum Gasteiger partial charge on any atom is 0.124 e. The number of benzene rings is 3. The summed E-state index contributed by atoms with van der Waals surface area (Å²) in [5, 5.41) is 0.354. The van der Waals surface area contributed by atoms with E-state index in [2.05, 4.69) is 26.8 Å². The predicted octanol–water partition coefficient (Wildman–Crippen LogP) is 5.94. The molecule has 3 aromatic carbocycles. The van der Waals surface area contributed by atoms with Gasteiger partial charge in [0.05, 0.1) is 5.02 Å². The highest BCUT2D eigenvalue weighted by atomic mass is 79.9. The van der Waals surface area contributed by atoms with Crippen molar-refractivity contribution in [2.75, 3.05) is 5.43 Å². The molecule has 0 aliphatic carbocycles. The van der Waals surface area contributed by atoms with Gasteiger partial charge in [0, 0.05) is 27.8 Å². The molecule has 2 N–H and O–H groups in total. The molecule has 0 aliphatic heterocycles. The van der Waals surface area contributed by atoms with Gasteiger partial charge in [-0.15, -0.1) is 0 Å². The largest absolute Gasteiger partial charge is 0.489 e. The summed E-state index contributed by atoms with van der Waals surface area (Å²) in [6.45, 7) is 0.820. The number of hydrazine groups is 1. The Hall–Kier alpha value is -2.08. The molecule has 0 heterocycles. The third-order valence-electron chi connectivity index (χ3n) is 3.71. The fourth-order valence-corrected chi connectivity index (χ4v) is 3.01. The van der Waals surface area contributed by atoms with Gasteiger partial charge in [0.25, 0.3) is 0 Å². The number of ether oxygens (including phenoxy) is 1. The SMILES string of the molecule is Fc1ccc(COc2ccc(Br)cc2CNNc2ccccc2)c(Cl)c1. The van der Waals surface area contributed by atoms with E-state index in [1.165, 1.54) is 12.1 Å². The van der Waals surface area contributed by atoms with E-state index in [0.717, 1.165) is 27.0 Å². The van der Waals surface area contributed by atoms with Crippen LogP contribution in [0.1, 0.15) is 11.1 Å². The van der Waals surface area contributed by atoms with Gasteiger partial charge in [0.15, 0.2) is 0 Å². The van der Waals surface area contributed by atoms with E-state index in [-0.39, 0.29) is 12.4 Å². The minimum Gasteiger partial charge on any atom is -0.489 e. The molecule has 0 aromatic heterocycles. The number of para-hydroxylation sites is 1. The van der Waals surface area contributed by atoms with E-state index in [1.807, 2.05) is 48.5 Å². The normalized spacial score (nSPS) is 10.6. The van der Waals surface area contributed by atoms with Crippen molar-refractivity contribution in [1.82, 2.24) is 5.43 Å². The maximum absolute atomic E-state index is 13.2. The molecule has 3 aromatic rings. The second-order valence-corrected chi connectivity index (χ2v) is 6.94. The highest BCUT2D eigenvalue weighted by Gasteiger charge is 2.08. The summed E-state index contributed by atoms with van der Waals surface area (Å²) in [6.07, 6.45) is 0. The zero-order valence-corrected chi connectivity index (χ0v) is 16.1. The first-order valence-electron chi connectivity index (χ1n) is 8.01. The van der Waals surface area contributed by atoms with Crippen LogP contribution in [0.4, 0.5) is 10.1 Å². The highest BCUT2D eigenvalue weighted by molar-refractivity contribution is 9.10. The van der Waals surface area contributed by atoms with Gasteiger partial charge in [0.2, 0.25) is 0 Å². The van der Waals surface area contributed by atoms with Crippen molar-refractivity contribution >= 4 is 33.2 Å². The summed E-state index contributed by atoms with van der Waals surface area (Å²) in [4.78, 5) is 0. The van der Waals surface area contributed by atoms with E-state index in [0.29, 0.717) is 11.6 Å².